The van der Waals surface area contributed by atoms with Crippen LogP contribution in [0.2, 0.25) is 0 Å². The van der Waals surface area contributed by atoms with Crippen molar-refractivity contribution < 1.29 is 21.2 Å². The Morgan fingerprint density at radius 1 is 0.759 bits per heavy atom. The molecule has 0 aliphatic rings. The zero-order valence-corrected chi connectivity index (χ0v) is 14.9. The lowest BCUT2D eigenvalue weighted by Gasteiger charge is -2.06. The van der Waals surface area contributed by atoms with Gasteiger partial charge in [-0.1, -0.05) is 18.2 Å². The molecule has 0 radical (unpaired) electrons. The molecular formula is C25H18N2O2. The van der Waals surface area contributed by atoms with E-state index in [0.717, 1.165) is 17.0 Å². The van der Waals surface area contributed by atoms with Crippen molar-refractivity contribution >= 4 is 43.9 Å². The number of fused-ring (bicyclic) bond motifs is 6. The fourth-order valence-electron chi connectivity index (χ4n) is 3.78. The summed E-state index contributed by atoms with van der Waals surface area (Å²) in [6, 6.07) is 12.1. The Balaban J connectivity index is 1.69. The molecule has 0 N–H and O–H groups in total. The molecule has 0 bridgehead atoms. The highest BCUT2D eigenvalue weighted by atomic mass is 16.3. The summed E-state index contributed by atoms with van der Waals surface area (Å²) >= 11 is 0. The van der Waals surface area contributed by atoms with Crippen LogP contribution in [-0.4, -0.2) is 9.97 Å². The molecule has 4 heteroatoms. The number of furan rings is 2. The Labute approximate surface area is 179 Å². The monoisotopic (exact) mass is 387 g/mol. The first-order valence-electron chi connectivity index (χ1n) is 13.4. The smallest absolute Gasteiger partial charge is 0.148 e. The summed E-state index contributed by atoms with van der Waals surface area (Å²) < 4.78 is 83.2. The fraction of sp³-hybridized carbons (Fsp3) is 0.120. The van der Waals surface area contributed by atoms with E-state index in [2.05, 4.69) is 9.97 Å². The van der Waals surface area contributed by atoms with Gasteiger partial charge in [-0.3, -0.25) is 9.97 Å². The topological polar surface area (TPSA) is 52.1 Å². The predicted octanol–water partition coefficient (Wildman–Crippen LogP) is 6.87. The maximum atomic E-state index is 8.06. The number of pyridine rings is 2. The maximum Gasteiger partial charge on any atom is 0.148 e. The van der Waals surface area contributed by atoms with Gasteiger partial charge in [0.2, 0.25) is 0 Å². The quantitative estimate of drug-likeness (QED) is 0.309. The van der Waals surface area contributed by atoms with Crippen LogP contribution >= 0.6 is 0 Å². The molecule has 0 unspecified atom stereocenters. The van der Waals surface area contributed by atoms with Crippen molar-refractivity contribution in [3.05, 3.63) is 71.7 Å². The molecule has 2 aromatic carbocycles. The van der Waals surface area contributed by atoms with Gasteiger partial charge in [0.05, 0.1) is 16.6 Å². The molecule has 6 rings (SSSR count). The molecule has 0 amide bonds. The van der Waals surface area contributed by atoms with Gasteiger partial charge in [-0.15, -0.1) is 0 Å². The first-order valence-corrected chi connectivity index (χ1v) is 8.92. The first-order chi connectivity index (χ1) is 17.7. The molecular weight excluding hydrogens is 360 g/mol. The van der Waals surface area contributed by atoms with Crippen molar-refractivity contribution in [1.82, 2.24) is 9.97 Å². The zero-order valence-electron chi connectivity index (χ0n) is 23.9. The summed E-state index contributed by atoms with van der Waals surface area (Å²) in [5, 5.41) is 2.32. The average molecular weight is 387 g/mol. The molecule has 4 nitrogen and oxygen atoms in total. The van der Waals surface area contributed by atoms with Crippen LogP contribution in [0.3, 0.4) is 0 Å². The molecule has 4 heterocycles. The van der Waals surface area contributed by atoms with Gasteiger partial charge in [0.25, 0.3) is 0 Å². The average Bonchev–Trinajstić information content (AvgIpc) is 3.37. The minimum absolute atomic E-state index is 0.0897. The highest BCUT2D eigenvalue weighted by Gasteiger charge is 2.18. The Morgan fingerprint density at radius 3 is 2.52 bits per heavy atom. The van der Waals surface area contributed by atoms with Crippen molar-refractivity contribution in [3.8, 4) is 11.3 Å². The van der Waals surface area contributed by atoms with Gasteiger partial charge in [-0.2, -0.15) is 0 Å². The molecule has 6 aromatic rings. The van der Waals surface area contributed by atoms with E-state index in [4.69, 9.17) is 21.2 Å². The standard InChI is InChI=1S/C25H18N2O2/c1-13-8-20(27-11-14(13)2)19-12-26-15(3)24-18-10-22-17(9-23(18)29-25(19)24)16-6-4-5-7-21(16)28-22/h4-12H,1-3H3/i1D3,2D3,3D3. The van der Waals surface area contributed by atoms with Crippen LogP contribution in [0.1, 0.15) is 29.2 Å². The number of benzene rings is 2. The van der Waals surface area contributed by atoms with Crippen molar-refractivity contribution in [2.45, 2.75) is 20.6 Å². The Hall–Kier alpha value is -3.66. The van der Waals surface area contributed by atoms with Gasteiger partial charge in [0.15, 0.2) is 0 Å². The summed E-state index contributed by atoms with van der Waals surface area (Å²) in [5.41, 5.74) is 1.09. The second-order valence-corrected chi connectivity index (χ2v) is 6.88. The number of para-hydroxylation sites is 1. The zero-order chi connectivity index (χ0) is 27.2. The van der Waals surface area contributed by atoms with Gasteiger partial charge in [0.1, 0.15) is 22.3 Å². The van der Waals surface area contributed by atoms with Gasteiger partial charge in [0, 0.05) is 46.6 Å². The maximum absolute atomic E-state index is 8.06. The Kier molecular flexibility index (Phi) is 1.90. The lowest BCUT2D eigenvalue weighted by molar-refractivity contribution is 0.664. The molecule has 4 aromatic heterocycles. The Morgan fingerprint density at radius 2 is 1.62 bits per heavy atom. The SMILES string of the molecule is [2H]C([2H])([2H])c1cnc(-c2cnc(C([2H])([2H])[2H])c3c2oc2cc4c(cc23)oc2ccccc24)cc1C([2H])([2H])[2H]. The van der Waals surface area contributed by atoms with E-state index in [9.17, 15) is 0 Å². The van der Waals surface area contributed by atoms with Crippen LogP contribution in [0.15, 0.2) is 63.7 Å². The van der Waals surface area contributed by atoms with E-state index in [1.165, 1.54) is 12.3 Å². The predicted molar refractivity (Wildman–Crippen MR) is 116 cm³/mol. The minimum atomic E-state index is -2.73. The number of aryl methyl sites for hydroxylation is 3. The van der Waals surface area contributed by atoms with Gasteiger partial charge in [-0.05, 0) is 55.9 Å². The number of hydrogen-bond donors (Lipinski definition) is 0. The van der Waals surface area contributed by atoms with Crippen LogP contribution in [0.5, 0.6) is 0 Å². The van der Waals surface area contributed by atoms with Gasteiger partial charge >= 0.3 is 0 Å². The second-order valence-electron chi connectivity index (χ2n) is 6.88. The molecule has 29 heavy (non-hydrogen) atoms. The highest BCUT2D eigenvalue weighted by Crippen LogP contribution is 2.40. The van der Waals surface area contributed by atoms with E-state index in [0.29, 0.717) is 22.1 Å². The van der Waals surface area contributed by atoms with Crippen LogP contribution in [0, 0.1) is 20.6 Å². The third kappa shape index (κ3) is 2.26. The van der Waals surface area contributed by atoms with Crippen molar-refractivity contribution in [2.75, 3.05) is 0 Å². The molecule has 0 spiro atoms. The van der Waals surface area contributed by atoms with Crippen LogP contribution in [-0.2, 0) is 0 Å². The molecule has 0 saturated heterocycles. The molecule has 0 atom stereocenters. The molecule has 0 aliphatic carbocycles. The van der Waals surface area contributed by atoms with Crippen molar-refractivity contribution in [2.24, 2.45) is 0 Å². The number of hydrogen-bond acceptors (Lipinski definition) is 4. The first kappa shape index (κ1) is 9.70. The highest BCUT2D eigenvalue weighted by molar-refractivity contribution is 6.16. The minimum Gasteiger partial charge on any atom is -0.456 e. The van der Waals surface area contributed by atoms with Gasteiger partial charge in [-0.25, -0.2) is 0 Å². The van der Waals surface area contributed by atoms with E-state index in [1.807, 2.05) is 24.3 Å². The van der Waals surface area contributed by atoms with Crippen LogP contribution in [0.4, 0.5) is 0 Å². The third-order valence-electron chi connectivity index (χ3n) is 5.17. The number of rotatable bonds is 1. The summed E-state index contributed by atoms with van der Waals surface area (Å²) in [4.78, 5) is 8.44. The molecule has 0 fully saturated rings. The second kappa shape index (κ2) is 5.67. The lowest BCUT2D eigenvalue weighted by Crippen LogP contribution is -1.91. The summed E-state index contributed by atoms with van der Waals surface area (Å²) in [7, 11) is 0. The summed E-state index contributed by atoms with van der Waals surface area (Å²) in [6.07, 6.45) is 2.27. The van der Waals surface area contributed by atoms with Crippen molar-refractivity contribution in [3.63, 3.8) is 0 Å². The third-order valence-corrected chi connectivity index (χ3v) is 5.17. The molecule has 0 saturated carbocycles. The van der Waals surface area contributed by atoms with E-state index < -0.39 is 20.6 Å². The number of aromatic nitrogens is 2. The van der Waals surface area contributed by atoms with Crippen LogP contribution in [0.25, 0.3) is 55.1 Å². The van der Waals surface area contributed by atoms with Gasteiger partial charge < -0.3 is 8.83 Å². The van der Waals surface area contributed by atoms with E-state index in [-0.39, 0.29) is 39.0 Å². The normalized spacial score (nSPS) is 17.9. The summed E-state index contributed by atoms with van der Waals surface area (Å²) in [5.74, 6) is 0. The number of nitrogens with zero attached hydrogens (tertiary/aromatic N) is 2. The van der Waals surface area contributed by atoms with E-state index >= 15 is 0 Å². The molecule has 140 valence electrons. The molecule has 0 aliphatic heterocycles. The van der Waals surface area contributed by atoms with Crippen molar-refractivity contribution in [1.29, 1.82) is 0 Å². The summed E-state index contributed by atoms with van der Waals surface area (Å²) in [6.45, 7) is -8.00. The lowest BCUT2D eigenvalue weighted by atomic mass is 10.0. The van der Waals surface area contributed by atoms with Crippen LogP contribution < -0.4 is 0 Å². The fourth-order valence-corrected chi connectivity index (χ4v) is 3.78. The Bertz CT molecular complexity index is 1890. The largest absolute Gasteiger partial charge is 0.456 e. The van der Waals surface area contributed by atoms with E-state index in [1.54, 1.807) is 12.1 Å².